The minimum atomic E-state index is -0.995. The number of amides is 3. The molecule has 0 radical (unpaired) electrons. The van der Waals surface area contributed by atoms with E-state index in [9.17, 15) is 14.4 Å². The molecule has 0 saturated carbocycles. The van der Waals surface area contributed by atoms with Gasteiger partial charge in [0.1, 0.15) is 6.04 Å². The first-order chi connectivity index (χ1) is 14.0. The second kappa shape index (κ2) is 19.7. The maximum absolute atomic E-state index is 11.8. The Balaban J connectivity index is 3.50. The lowest BCUT2D eigenvalue weighted by molar-refractivity contribution is -0.130. The molecule has 0 spiro atoms. The van der Waals surface area contributed by atoms with Crippen LogP contribution in [0, 0.1) is 0 Å². The summed E-state index contributed by atoms with van der Waals surface area (Å²) in [6.07, 6.45) is 16.7. The van der Waals surface area contributed by atoms with E-state index < -0.39 is 24.5 Å². The van der Waals surface area contributed by atoms with E-state index in [1.165, 1.54) is 71.3 Å². The summed E-state index contributed by atoms with van der Waals surface area (Å²) in [6.45, 7) is 1.57. The number of nitrogens with one attached hydrogen (secondary N) is 3. The molecule has 0 aliphatic carbocycles. The lowest BCUT2D eigenvalue weighted by Gasteiger charge is -2.14. The van der Waals surface area contributed by atoms with Gasteiger partial charge >= 0.3 is 0 Å². The molecule has 0 unspecified atom stereocenters. The number of aliphatic hydroxyl groups is 1. The number of carbonyl (C=O) groups excluding carboxylic acids is 3. The van der Waals surface area contributed by atoms with Crippen LogP contribution in [0.5, 0.6) is 0 Å². The van der Waals surface area contributed by atoms with Gasteiger partial charge in [-0.1, -0.05) is 84.0 Å². The molecule has 0 saturated heterocycles. The minimum absolute atomic E-state index is 0.163. The minimum Gasteiger partial charge on any atom is -0.394 e. The quantitative estimate of drug-likeness (QED) is 0.244. The van der Waals surface area contributed by atoms with E-state index in [-0.39, 0.29) is 12.5 Å². The van der Waals surface area contributed by atoms with Crippen molar-refractivity contribution in [2.45, 2.75) is 103 Å². The van der Waals surface area contributed by atoms with Crippen LogP contribution < -0.4 is 16.0 Å². The maximum atomic E-state index is 11.8. The van der Waals surface area contributed by atoms with Crippen LogP contribution in [0.1, 0.15) is 96.8 Å². The van der Waals surface area contributed by atoms with Crippen LogP contribution in [-0.4, -0.2) is 49.1 Å². The maximum Gasteiger partial charge on any atom is 0.244 e. The standard InChI is InChI=1S/C22H43N3O4/c1-3-4-5-6-7-8-9-10-11-12-13-14-15-16-20(27)24-17-21(28)25-19(18-26)22(29)23-2/h19,26H,3-18H2,1-2H3,(H,23,29)(H,24,27)(H,25,28)/t19-/m0/s1. The van der Waals surface area contributed by atoms with Crippen molar-refractivity contribution in [3.05, 3.63) is 0 Å². The molecule has 0 heterocycles. The largest absolute Gasteiger partial charge is 0.394 e. The normalized spacial score (nSPS) is 11.7. The smallest absolute Gasteiger partial charge is 0.244 e. The van der Waals surface area contributed by atoms with Crippen LogP contribution in [0.3, 0.4) is 0 Å². The van der Waals surface area contributed by atoms with Crippen LogP contribution >= 0.6 is 0 Å². The van der Waals surface area contributed by atoms with Gasteiger partial charge in [-0.15, -0.1) is 0 Å². The molecule has 7 nitrogen and oxygen atoms in total. The fourth-order valence-corrected chi connectivity index (χ4v) is 3.18. The highest BCUT2D eigenvalue weighted by Gasteiger charge is 2.18. The summed E-state index contributed by atoms with van der Waals surface area (Å²) >= 11 is 0. The third-order valence-electron chi connectivity index (χ3n) is 5.03. The summed E-state index contributed by atoms with van der Waals surface area (Å²) < 4.78 is 0. The van der Waals surface area contributed by atoms with Gasteiger partial charge in [0.15, 0.2) is 0 Å². The Morgan fingerprint density at radius 1 is 0.759 bits per heavy atom. The van der Waals surface area contributed by atoms with Crippen LogP contribution in [0.15, 0.2) is 0 Å². The predicted octanol–water partition coefficient (Wildman–Crippen LogP) is 2.81. The molecule has 1 atom stereocenters. The predicted molar refractivity (Wildman–Crippen MR) is 116 cm³/mol. The van der Waals surface area contributed by atoms with Gasteiger partial charge in [-0.05, 0) is 6.42 Å². The van der Waals surface area contributed by atoms with Crippen molar-refractivity contribution in [1.29, 1.82) is 0 Å². The summed E-state index contributed by atoms with van der Waals surface area (Å²) in [5.41, 5.74) is 0. The van der Waals surface area contributed by atoms with Crippen LogP contribution in [0.4, 0.5) is 0 Å². The van der Waals surface area contributed by atoms with E-state index in [2.05, 4.69) is 22.9 Å². The van der Waals surface area contributed by atoms with E-state index in [1.807, 2.05) is 0 Å². The summed E-state index contributed by atoms with van der Waals surface area (Å²) in [4.78, 5) is 34.9. The zero-order valence-corrected chi connectivity index (χ0v) is 18.6. The fourth-order valence-electron chi connectivity index (χ4n) is 3.18. The molecule has 0 aromatic heterocycles. The Hall–Kier alpha value is -1.63. The molecule has 0 rings (SSSR count). The SMILES string of the molecule is CCCCCCCCCCCCCCCC(=O)NCC(=O)N[C@@H](CO)C(=O)NC. The number of unbranched alkanes of at least 4 members (excludes halogenated alkanes) is 12. The van der Waals surface area contributed by atoms with Gasteiger partial charge in [0.25, 0.3) is 0 Å². The molecule has 3 amide bonds. The topological polar surface area (TPSA) is 108 Å². The Bertz CT molecular complexity index is 444. The van der Waals surface area contributed by atoms with Gasteiger partial charge in [-0.2, -0.15) is 0 Å². The van der Waals surface area contributed by atoms with E-state index >= 15 is 0 Å². The van der Waals surface area contributed by atoms with Crippen molar-refractivity contribution >= 4 is 17.7 Å². The Morgan fingerprint density at radius 3 is 1.69 bits per heavy atom. The highest BCUT2D eigenvalue weighted by Crippen LogP contribution is 2.12. The molecule has 0 aliphatic rings. The zero-order valence-electron chi connectivity index (χ0n) is 18.6. The van der Waals surface area contributed by atoms with Gasteiger partial charge in [-0.3, -0.25) is 14.4 Å². The summed E-state index contributed by atoms with van der Waals surface area (Å²) in [5.74, 6) is -1.13. The van der Waals surface area contributed by atoms with Crippen molar-refractivity contribution in [2.75, 3.05) is 20.2 Å². The summed E-state index contributed by atoms with van der Waals surface area (Å²) in [6, 6.07) is -0.995. The van der Waals surface area contributed by atoms with E-state index in [1.54, 1.807) is 0 Å². The highest BCUT2D eigenvalue weighted by atomic mass is 16.3. The molecule has 0 bridgehead atoms. The van der Waals surface area contributed by atoms with Gasteiger partial charge in [0.05, 0.1) is 13.2 Å². The molecule has 0 aromatic carbocycles. The molecule has 0 aromatic rings. The Labute approximate surface area is 176 Å². The number of hydrogen-bond donors (Lipinski definition) is 4. The van der Waals surface area contributed by atoms with Crippen LogP contribution in [0.25, 0.3) is 0 Å². The molecule has 170 valence electrons. The average Bonchev–Trinajstić information content (AvgIpc) is 2.73. The first kappa shape index (κ1) is 27.4. The van der Waals surface area contributed by atoms with E-state index in [4.69, 9.17) is 5.11 Å². The fraction of sp³-hybridized carbons (Fsp3) is 0.864. The number of aliphatic hydroxyl groups excluding tert-OH is 1. The van der Waals surface area contributed by atoms with Crippen molar-refractivity contribution < 1.29 is 19.5 Å². The van der Waals surface area contributed by atoms with Crippen molar-refractivity contribution in [3.63, 3.8) is 0 Å². The third-order valence-corrected chi connectivity index (χ3v) is 5.03. The summed E-state index contributed by atoms with van der Waals surface area (Å²) in [7, 11) is 1.43. The molecule has 7 heteroatoms. The van der Waals surface area contributed by atoms with Gasteiger partial charge < -0.3 is 21.1 Å². The number of hydrogen-bond acceptors (Lipinski definition) is 4. The second-order valence-electron chi connectivity index (χ2n) is 7.69. The summed E-state index contributed by atoms with van der Waals surface area (Å²) in [5, 5.41) is 16.4. The van der Waals surface area contributed by atoms with Crippen LogP contribution in [-0.2, 0) is 14.4 Å². The average molecular weight is 414 g/mol. The highest BCUT2D eigenvalue weighted by molar-refractivity contribution is 5.90. The third kappa shape index (κ3) is 17.0. The first-order valence-corrected chi connectivity index (χ1v) is 11.4. The zero-order chi connectivity index (χ0) is 21.7. The second-order valence-corrected chi connectivity index (χ2v) is 7.69. The van der Waals surface area contributed by atoms with Crippen LogP contribution in [0.2, 0.25) is 0 Å². The van der Waals surface area contributed by atoms with E-state index in [0.717, 1.165) is 19.3 Å². The molecular weight excluding hydrogens is 370 g/mol. The number of likely N-dealkylation sites (N-methyl/N-ethyl adjacent to an activating group) is 1. The number of carbonyl (C=O) groups is 3. The molecule has 0 aliphatic heterocycles. The molecule has 4 N–H and O–H groups in total. The molecular formula is C22H43N3O4. The van der Waals surface area contributed by atoms with Gasteiger partial charge in [0, 0.05) is 13.5 Å². The van der Waals surface area contributed by atoms with E-state index in [0.29, 0.717) is 6.42 Å². The number of rotatable bonds is 19. The van der Waals surface area contributed by atoms with Crippen molar-refractivity contribution in [2.24, 2.45) is 0 Å². The van der Waals surface area contributed by atoms with Crippen molar-refractivity contribution in [1.82, 2.24) is 16.0 Å². The van der Waals surface area contributed by atoms with Gasteiger partial charge in [0.2, 0.25) is 17.7 Å². The molecule has 0 fully saturated rings. The lowest BCUT2D eigenvalue weighted by atomic mass is 10.0. The Morgan fingerprint density at radius 2 is 1.24 bits per heavy atom. The first-order valence-electron chi connectivity index (χ1n) is 11.4. The molecule has 29 heavy (non-hydrogen) atoms. The van der Waals surface area contributed by atoms with Crippen molar-refractivity contribution in [3.8, 4) is 0 Å². The monoisotopic (exact) mass is 413 g/mol. The Kier molecular flexibility index (Phi) is 18.6. The lowest BCUT2D eigenvalue weighted by Crippen LogP contribution is -2.50. The van der Waals surface area contributed by atoms with Gasteiger partial charge in [-0.25, -0.2) is 0 Å².